The van der Waals surface area contributed by atoms with Crippen LogP contribution in [-0.2, 0) is 4.79 Å². The maximum absolute atomic E-state index is 15.1. The van der Waals surface area contributed by atoms with Gasteiger partial charge in [0.25, 0.3) is 5.91 Å². The molecule has 0 aromatic heterocycles. The average Bonchev–Trinajstić information content (AvgIpc) is 3.76. The van der Waals surface area contributed by atoms with Crippen molar-refractivity contribution < 1.29 is 27.2 Å². The highest BCUT2D eigenvalue weighted by atomic mass is 35.5. The van der Waals surface area contributed by atoms with Gasteiger partial charge in [0.15, 0.2) is 0 Å². The summed E-state index contributed by atoms with van der Waals surface area (Å²) < 4.78 is 56.6. The van der Waals surface area contributed by atoms with Gasteiger partial charge >= 0.3 is 6.18 Å². The second kappa shape index (κ2) is 11.1. The maximum atomic E-state index is 15.1. The van der Waals surface area contributed by atoms with Crippen molar-refractivity contribution in [2.45, 2.75) is 56.7 Å². The zero-order valence-corrected chi connectivity index (χ0v) is 22.6. The quantitative estimate of drug-likeness (QED) is 0.231. The number of allylic oxidation sites excluding steroid dienone is 1. The Morgan fingerprint density at radius 3 is 2.26 bits per heavy atom. The molecule has 0 bridgehead atoms. The number of hydrogen-bond donors (Lipinski definition) is 2. The zero-order valence-electron chi connectivity index (χ0n) is 20.3. The van der Waals surface area contributed by atoms with Crippen LogP contribution >= 0.6 is 34.8 Å². The topological polar surface area (TPSA) is 58.2 Å². The van der Waals surface area contributed by atoms with Crippen molar-refractivity contribution >= 4 is 52.4 Å². The Labute approximate surface area is 232 Å². The molecule has 0 radical (unpaired) electrons. The normalized spacial score (nSPS) is 17.6. The number of halogens is 7. The molecule has 2 aliphatic rings. The lowest BCUT2D eigenvalue weighted by molar-refractivity contribution is -0.139. The molecule has 2 fully saturated rings. The highest BCUT2D eigenvalue weighted by Crippen LogP contribution is 2.42. The predicted molar refractivity (Wildman–Crippen MR) is 140 cm³/mol. The predicted octanol–water partition coefficient (Wildman–Crippen LogP) is 7.79. The van der Waals surface area contributed by atoms with E-state index >= 15 is 4.39 Å². The fourth-order valence-corrected chi connectivity index (χ4v) is 4.84. The molecule has 0 aliphatic heterocycles. The zero-order chi connectivity index (χ0) is 27.8. The van der Waals surface area contributed by atoms with Crippen LogP contribution in [0.4, 0.5) is 17.6 Å². The van der Waals surface area contributed by atoms with Crippen molar-refractivity contribution in [3.63, 3.8) is 0 Å². The van der Waals surface area contributed by atoms with Crippen LogP contribution in [0.1, 0.15) is 65.1 Å². The molecule has 1 atom stereocenters. The molecule has 2 aromatic rings. The lowest BCUT2D eigenvalue weighted by Crippen LogP contribution is -2.49. The molecule has 2 amide bonds. The molecule has 11 heteroatoms. The van der Waals surface area contributed by atoms with E-state index < -0.39 is 29.4 Å². The first kappa shape index (κ1) is 28.7. The summed E-state index contributed by atoms with van der Waals surface area (Å²) in [6.07, 6.45) is -0.101. The van der Waals surface area contributed by atoms with Crippen LogP contribution < -0.4 is 10.6 Å². The molecular weight excluding hydrogens is 567 g/mol. The number of rotatable bonds is 9. The van der Waals surface area contributed by atoms with Gasteiger partial charge in [-0.15, -0.1) is 0 Å². The summed E-state index contributed by atoms with van der Waals surface area (Å²) >= 11 is 17.6. The minimum absolute atomic E-state index is 0.101. The molecule has 0 heterocycles. The molecule has 4 rings (SSSR count). The Morgan fingerprint density at radius 2 is 1.74 bits per heavy atom. The highest BCUT2D eigenvalue weighted by molar-refractivity contribution is 6.48. The fraction of sp³-hybridized carbons (Fsp3) is 0.407. The maximum Gasteiger partial charge on any atom is 0.399 e. The average molecular weight is 592 g/mol. The standard InChI is InChI=1S/C27H25Cl3F4N2O2/c1-14-10-16(22(31)13-19(27(32,33)34)17-11-20(28)23(30)21(29)12-17)4-5-18(14)24(37)36-26(7-8-26)25(38)35-9-6-15-2-3-15/h4-5,10-13,15,19H,2-3,6-9H2,1H3,(H,35,38)(H,36,37). The monoisotopic (exact) mass is 590 g/mol. The molecule has 4 nitrogen and oxygen atoms in total. The molecule has 2 aliphatic carbocycles. The summed E-state index contributed by atoms with van der Waals surface area (Å²) in [4.78, 5) is 25.5. The van der Waals surface area contributed by atoms with Crippen molar-refractivity contribution in [2.24, 2.45) is 5.92 Å². The molecule has 1 unspecified atom stereocenters. The third-order valence-corrected chi connectivity index (χ3v) is 8.05. The number of benzene rings is 2. The van der Waals surface area contributed by atoms with Crippen molar-refractivity contribution in [2.75, 3.05) is 6.54 Å². The van der Waals surface area contributed by atoms with Gasteiger partial charge in [0, 0.05) is 17.7 Å². The number of nitrogens with one attached hydrogen (secondary N) is 2. The van der Waals surface area contributed by atoms with Crippen LogP contribution in [0.5, 0.6) is 0 Å². The smallest absolute Gasteiger partial charge is 0.354 e. The van der Waals surface area contributed by atoms with Crippen LogP contribution in [0.15, 0.2) is 36.4 Å². The van der Waals surface area contributed by atoms with E-state index in [1.54, 1.807) is 6.92 Å². The van der Waals surface area contributed by atoms with Crippen LogP contribution in [0.25, 0.3) is 5.83 Å². The van der Waals surface area contributed by atoms with Gasteiger partial charge in [-0.3, -0.25) is 9.59 Å². The second-order valence-corrected chi connectivity index (χ2v) is 11.1. The molecule has 2 saturated carbocycles. The number of hydrogen-bond acceptors (Lipinski definition) is 2. The van der Waals surface area contributed by atoms with Crippen molar-refractivity contribution in [3.05, 3.63) is 73.7 Å². The summed E-state index contributed by atoms with van der Waals surface area (Å²) in [5.41, 5.74) is -0.932. The first-order valence-corrected chi connectivity index (χ1v) is 13.2. The molecule has 2 aromatic carbocycles. The van der Waals surface area contributed by atoms with Crippen molar-refractivity contribution in [1.29, 1.82) is 0 Å². The Bertz CT molecular complexity index is 1260. The van der Waals surface area contributed by atoms with Gasteiger partial charge in [0.05, 0.1) is 15.1 Å². The summed E-state index contributed by atoms with van der Waals surface area (Å²) in [7, 11) is 0. The van der Waals surface area contributed by atoms with E-state index in [2.05, 4.69) is 10.6 Å². The van der Waals surface area contributed by atoms with Gasteiger partial charge in [-0.25, -0.2) is 4.39 Å². The SMILES string of the molecule is Cc1cc(C(F)=CC(c2cc(Cl)c(Cl)c(Cl)c2)C(F)(F)F)ccc1C(=O)NC1(C(=O)NCCC2CC2)CC1. The first-order chi connectivity index (χ1) is 17.8. The molecule has 0 spiro atoms. The summed E-state index contributed by atoms with van der Waals surface area (Å²) in [5.74, 6) is -3.55. The highest BCUT2D eigenvalue weighted by Gasteiger charge is 2.51. The number of amides is 2. The molecule has 0 saturated heterocycles. The van der Waals surface area contributed by atoms with Gasteiger partial charge in [0.2, 0.25) is 5.91 Å². The number of carbonyl (C=O) groups is 2. The lowest BCUT2D eigenvalue weighted by atomic mass is 9.95. The third kappa shape index (κ3) is 6.64. The van der Waals surface area contributed by atoms with Gasteiger partial charge in [-0.05, 0) is 73.6 Å². The third-order valence-electron chi connectivity index (χ3n) is 6.85. The minimum atomic E-state index is -4.84. The molecule has 2 N–H and O–H groups in total. The Morgan fingerprint density at radius 1 is 1.11 bits per heavy atom. The Hall–Kier alpha value is -2.29. The van der Waals surface area contributed by atoms with Crippen LogP contribution in [0.3, 0.4) is 0 Å². The van der Waals surface area contributed by atoms with Crippen LogP contribution in [0.2, 0.25) is 15.1 Å². The summed E-state index contributed by atoms with van der Waals surface area (Å²) in [6.45, 7) is 2.11. The van der Waals surface area contributed by atoms with E-state index in [1.165, 1.54) is 31.0 Å². The van der Waals surface area contributed by atoms with Crippen molar-refractivity contribution in [1.82, 2.24) is 10.6 Å². The summed E-state index contributed by atoms with van der Waals surface area (Å²) in [6, 6.07) is 5.81. The number of carbonyl (C=O) groups excluding carboxylic acids is 2. The van der Waals surface area contributed by atoms with Crippen molar-refractivity contribution in [3.8, 4) is 0 Å². The Balaban J connectivity index is 1.50. The first-order valence-electron chi connectivity index (χ1n) is 12.1. The number of aryl methyl sites for hydroxylation is 1. The Kier molecular flexibility index (Phi) is 8.36. The summed E-state index contributed by atoms with van der Waals surface area (Å²) in [5, 5.41) is 5.18. The number of alkyl halides is 3. The largest absolute Gasteiger partial charge is 0.399 e. The van der Waals surface area contributed by atoms with E-state index in [0.29, 0.717) is 36.9 Å². The van der Waals surface area contributed by atoms with Crippen LogP contribution in [-0.4, -0.2) is 30.1 Å². The van der Waals surface area contributed by atoms with Crippen LogP contribution in [0, 0.1) is 12.8 Å². The van der Waals surface area contributed by atoms with E-state index in [0.717, 1.165) is 18.6 Å². The van der Waals surface area contributed by atoms with E-state index in [9.17, 15) is 22.8 Å². The second-order valence-electron chi connectivity index (χ2n) is 9.89. The molecular formula is C27H25Cl3F4N2O2. The van der Waals surface area contributed by atoms with E-state index in [4.69, 9.17) is 34.8 Å². The molecule has 204 valence electrons. The molecule has 38 heavy (non-hydrogen) atoms. The minimum Gasteiger partial charge on any atom is -0.354 e. The lowest BCUT2D eigenvalue weighted by Gasteiger charge is -2.19. The van der Waals surface area contributed by atoms with Gasteiger partial charge in [-0.1, -0.05) is 53.7 Å². The van der Waals surface area contributed by atoms with Gasteiger partial charge < -0.3 is 10.6 Å². The van der Waals surface area contributed by atoms with Gasteiger partial charge in [-0.2, -0.15) is 13.2 Å². The fourth-order valence-electron chi connectivity index (χ4n) is 4.23. The van der Waals surface area contributed by atoms with E-state index in [1.807, 2.05) is 0 Å². The van der Waals surface area contributed by atoms with Gasteiger partial charge in [0.1, 0.15) is 17.3 Å². The van der Waals surface area contributed by atoms with E-state index in [-0.39, 0.29) is 37.7 Å².